The lowest BCUT2D eigenvalue weighted by Gasteiger charge is -2.52. The van der Waals surface area contributed by atoms with Crippen LogP contribution in [0.4, 0.5) is 0 Å². The van der Waals surface area contributed by atoms with Gasteiger partial charge in [-0.25, -0.2) is 0 Å². The zero-order valence-electron chi connectivity index (χ0n) is 16.9. The third kappa shape index (κ3) is 2.75. The molecule has 1 saturated carbocycles. The predicted molar refractivity (Wildman–Crippen MR) is 117 cm³/mol. The average Bonchev–Trinajstić information content (AvgIpc) is 2.86. The summed E-state index contributed by atoms with van der Waals surface area (Å²) in [6.45, 7) is 0. The maximum absolute atomic E-state index is 4.90. The van der Waals surface area contributed by atoms with Gasteiger partial charge in [0, 0.05) is 24.8 Å². The van der Waals surface area contributed by atoms with E-state index in [-0.39, 0.29) is 0 Å². The van der Waals surface area contributed by atoms with Crippen molar-refractivity contribution >= 4 is 0 Å². The molecule has 30 heavy (non-hydrogen) atoms. The summed E-state index contributed by atoms with van der Waals surface area (Å²) in [5.74, 6) is 0. The minimum absolute atomic E-state index is 0.462. The molecule has 1 aliphatic carbocycles. The fourth-order valence-corrected chi connectivity index (χ4v) is 5.32. The molecule has 5 rings (SSSR count). The lowest BCUT2D eigenvalue weighted by Crippen LogP contribution is -2.54. The Kier molecular flexibility index (Phi) is 4.83. The first-order valence-electron chi connectivity index (χ1n) is 10.5. The van der Waals surface area contributed by atoms with Crippen LogP contribution in [0.5, 0.6) is 0 Å². The Morgan fingerprint density at radius 2 is 0.733 bits per heavy atom. The summed E-state index contributed by atoms with van der Waals surface area (Å²) in [5.41, 5.74) is 3.19. The zero-order valence-corrected chi connectivity index (χ0v) is 16.9. The number of hydrogen-bond donors (Lipinski definition) is 0. The molecule has 148 valence electrons. The third-order valence-corrected chi connectivity index (χ3v) is 6.49. The van der Waals surface area contributed by atoms with Gasteiger partial charge in [-0.3, -0.25) is 19.9 Å². The largest absolute Gasteiger partial charge is 0.260 e. The second kappa shape index (κ2) is 7.79. The van der Waals surface area contributed by atoms with Crippen LogP contribution in [0.3, 0.4) is 0 Å². The van der Waals surface area contributed by atoms with Crippen LogP contribution < -0.4 is 0 Å². The van der Waals surface area contributed by atoms with Crippen molar-refractivity contribution in [3.63, 3.8) is 0 Å². The van der Waals surface area contributed by atoms with Gasteiger partial charge in [0.2, 0.25) is 0 Å². The summed E-state index contributed by atoms with van der Waals surface area (Å²) in [6.07, 6.45) is 11.6. The van der Waals surface area contributed by atoms with E-state index in [1.807, 2.05) is 49.1 Å². The van der Waals surface area contributed by atoms with Crippen LogP contribution >= 0.6 is 0 Å². The predicted octanol–water partition coefficient (Wildman–Crippen LogP) is 5.11. The monoisotopic (exact) mass is 392 g/mol. The molecular formula is C26H24N4. The second-order valence-corrected chi connectivity index (χ2v) is 7.88. The van der Waals surface area contributed by atoms with Gasteiger partial charge in [-0.2, -0.15) is 0 Å². The van der Waals surface area contributed by atoms with Crippen molar-refractivity contribution < 1.29 is 0 Å². The summed E-state index contributed by atoms with van der Waals surface area (Å²) < 4.78 is 0. The van der Waals surface area contributed by atoms with Crippen LogP contribution in [0.1, 0.15) is 48.5 Å². The molecule has 4 heterocycles. The quantitative estimate of drug-likeness (QED) is 0.484. The molecule has 4 nitrogen and oxygen atoms in total. The second-order valence-electron chi connectivity index (χ2n) is 7.88. The first kappa shape index (κ1) is 18.6. The van der Waals surface area contributed by atoms with E-state index in [9.17, 15) is 0 Å². The lowest BCUT2D eigenvalue weighted by atomic mass is 9.50. The van der Waals surface area contributed by atoms with Gasteiger partial charge >= 0.3 is 0 Å². The van der Waals surface area contributed by atoms with Gasteiger partial charge in [0.15, 0.2) is 0 Å². The van der Waals surface area contributed by atoms with Crippen molar-refractivity contribution in [3.8, 4) is 0 Å². The Balaban J connectivity index is 1.92. The highest BCUT2D eigenvalue weighted by atomic mass is 14.9. The van der Waals surface area contributed by atoms with Crippen LogP contribution in [0.2, 0.25) is 0 Å². The van der Waals surface area contributed by atoms with Crippen molar-refractivity contribution in [1.29, 1.82) is 0 Å². The molecule has 0 saturated heterocycles. The molecule has 4 heteroatoms. The third-order valence-electron chi connectivity index (χ3n) is 6.49. The van der Waals surface area contributed by atoms with Gasteiger partial charge in [-0.05, 0) is 61.4 Å². The van der Waals surface area contributed by atoms with Gasteiger partial charge in [0.25, 0.3) is 0 Å². The molecule has 0 atom stereocenters. The van der Waals surface area contributed by atoms with E-state index in [1.54, 1.807) is 0 Å². The van der Waals surface area contributed by atoms with Crippen molar-refractivity contribution in [3.05, 3.63) is 120 Å². The normalized spacial score (nSPS) is 17.3. The Labute approximate surface area is 177 Å². The molecule has 0 bridgehead atoms. The van der Waals surface area contributed by atoms with Crippen molar-refractivity contribution in [2.75, 3.05) is 0 Å². The first-order chi connectivity index (χ1) is 14.9. The molecule has 1 fully saturated rings. The molecule has 0 spiro atoms. The average molecular weight is 393 g/mol. The van der Waals surface area contributed by atoms with Crippen LogP contribution in [0, 0.1) is 0 Å². The van der Waals surface area contributed by atoms with Gasteiger partial charge in [0.05, 0.1) is 33.6 Å². The minimum atomic E-state index is -0.462. The maximum Gasteiger partial charge on any atom is 0.0715 e. The standard InChI is InChI=1S/C26H24N4/c1-7-17-27-21(11-1)25(22-12-2-8-18-28-22)15-5-6-16-26(25,23-13-3-9-19-29-23)24-14-4-10-20-30-24/h1-4,7-14,17-20H,5-6,15-16H2. The Hall–Kier alpha value is -3.40. The molecule has 4 aromatic heterocycles. The Morgan fingerprint density at radius 3 is 0.967 bits per heavy atom. The van der Waals surface area contributed by atoms with Crippen molar-refractivity contribution in [2.45, 2.75) is 36.5 Å². The molecule has 0 N–H and O–H groups in total. The number of hydrogen-bond acceptors (Lipinski definition) is 4. The van der Waals surface area contributed by atoms with Crippen molar-refractivity contribution in [1.82, 2.24) is 19.9 Å². The molecule has 0 unspecified atom stereocenters. The van der Waals surface area contributed by atoms with E-state index in [1.165, 1.54) is 0 Å². The van der Waals surface area contributed by atoms with E-state index in [0.29, 0.717) is 0 Å². The number of rotatable bonds is 4. The van der Waals surface area contributed by atoms with Crippen LogP contribution in [0.25, 0.3) is 0 Å². The highest BCUT2D eigenvalue weighted by Crippen LogP contribution is 2.58. The van der Waals surface area contributed by atoms with E-state index in [2.05, 4.69) is 48.5 Å². The van der Waals surface area contributed by atoms with Crippen LogP contribution in [-0.4, -0.2) is 19.9 Å². The molecule has 0 aromatic carbocycles. The van der Waals surface area contributed by atoms with Crippen LogP contribution in [0.15, 0.2) is 97.6 Å². The van der Waals surface area contributed by atoms with Crippen LogP contribution in [-0.2, 0) is 10.8 Å². The Bertz CT molecular complexity index is 913. The minimum Gasteiger partial charge on any atom is -0.260 e. The Morgan fingerprint density at radius 1 is 0.433 bits per heavy atom. The van der Waals surface area contributed by atoms with E-state index in [0.717, 1.165) is 48.5 Å². The molecule has 1 aliphatic rings. The molecule has 0 amide bonds. The summed E-state index contributed by atoms with van der Waals surface area (Å²) in [5, 5.41) is 0. The highest BCUT2D eigenvalue weighted by Gasteiger charge is 2.59. The molecule has 4 aromatic rings. The SMILES string of the molecule is c1ccc(C2(c3ccccn3)CCCCC2(c2ccccn2)c2ccccn2)nc1. The smallest absolute Gasteiger partial charge is 0.0715 e. The number of pyridine rings is 4. The maximum atomic E-state index is 4.90. The molecule has 0 aliphatic heterocycles. The van der Waals surface area contributed by atoms with Gasteiger partial charge in [-0.1, -0.05) is 37.1 Å². The fourth-order valence-electron chi connectivity index (χ4n) is 5.32. The van der Waals surface area contributed by atoms with Crippen molar-refractivity contribution in [2.24, 2.45) is 0 Å². The highest BCUT2D eigenvalue weighted by molar-refractivity contribution is 5.49. The van der Waals surface area contributed by atoms with Gasteiger partial charge in [0.1, 0.15) is 0 Å². The summed E-state index contributed by atoms with van der Waals surface area (Å²) in [6, 6.07) is 24.7. The van der Waals surface area contributed by atoms with E-state index >= 15 is 0 Å². The van der Waals surface area contributed by atoms with E-state index in [4.69, 9.17) is 19.9 Å². The number of aromatic nitrogens is 4. The zero-order chi connectivity index (χ0) is 20.3. The summed E-state index contributed by atoms with van der Waals surface area (Å²) >= 11 is 0. The van der Waals surface area contributed by atoms with Gasteiger partial charge < -0.3 is 0 Å². The lowest BCUT2D eigenvalue weighted by molar-refractivity contribution is 0.194. The van der Waals surface area contributed by atoms with Gasteiger partial charge in [-0.15, -0.1) is 0 Å². The molecule has 0 radical (unpaired) electrons. The topological polar surface area (TPSA) is 51.6 Å². The number of nitrogens with zero attached hydrogens (tertiary/aromatic N) is 4. The summed E-state index contributed by atoms with van der Waals surface area (Å²) in [4.78, 5) is 19.6. The molecular weight excluding hydrogens is 368 g/mol. The summed E-state index contributed by atoms with van der Waals surface area (Å²) in [7, 11) is 0. The van der Waals surface area contributed by atoms with E-state index < -0.39 is 10.8 Å². The fraction of sp³-hybridized carbons (Fsp3) is 0.231. The first-order valence-corrected chi connectivity index (χ1v) is 10.5.